The molecule has 1 N–H and O–H groups in total. The summed E-state index contributed by atoms with van der Waals surface area (Å²) in [5.41, 5.74) is 0.544. The van der Waals surface area contributed by atoms with Crippen molar-refractivity contribution in [2.24, 2.45) is 17.8 Å². The van der Waals surface area contributed by atoms with E-state index in [1.54, 1.807) is 30.7 Å². The second-order valence-corrected chi connectivity index (χ2v) is 12.4. The lowest BCUT2D eigenvalue weighted by Crippen LogP contribution is -2.58. The molecule has 9 nitrogen and oxygen atoms in total. The van der Waals surface area contributed by atoms with Crippen LogP contribution in [0.15, 0.2) is 11.6 Å². The Morgan fingerprint density at radius 3 is 2.23 bits per heavy atom. The van der Waals surface area contributed by atoms with Gasteiger partial charge in [0.05, 0.1) is 24.6 Å². The molecule has 40 heavy (non-hydrogen) atoms. The van der Waals surface area contributed by atoms with Gasteiger partial charge < -0.3 is 19.9 Å². The van der Waals surface area contributed by atoms with Crippen molar-refractivity contribution in [2.45, 2.75) is 112 Å². The van der Waals surface area contributed by atoms with Gasteiger partial charge in [0.15, 0.2) is 0 Å². The molecule has 4 atom stereocenters. The first kappa shape index (κ1) is 33.8. The summed E-state index contributed by atoms with van der Waals surface area (Å²) in [6, 6.07) is -0.958. The predicted molar refractivity (Wildman–Crippen MR) is 157 cm³/mol. The number of likely N-dealkylation sites (tertiary alicyclic amines) is 2. The number of ether oxygens (including phenoxy) is 1. The van der Waals surface area contributed by atoms with Crippen LogP contribution in [0.1, 0.15) is 87.5 Å². The van der Waals surface area contributed by atoms with Gasteiger partial charge in [-0.2, -0.15) is 0 Å². The first-order valence-electron chi connectivity index (χ1n) is 15.3. The van der Waals surface area contributed by atoms with Crippen LogP contribution in [-0.4, -0.2) is 95.8 Å². The van der Waals surface area contributed by atoms with Gasteiger partial charge in [-0.3, -0.25) is 24.1 Å². The third-order valence-corrected chi connectivity index (χ3v) is 8.31. The Hall–Kier alpha value is -2.42. The van der Waals surface area contributed by atoms with Crippen molar-refractivity contribution in [3.8, 4) is 0 Å². The van der Waals surface area contributed by atoms with Crippen LogP contribution >= 0.6 is 0 Å². The Kier molecular flexibility index (Phi) is 13.1. The van der Waals surface area contributed by atoms with Crippen LogP contribution in [0.4, 0.5) is 0 Å². The monoisotopic (exact) mass is 562 g/mol. The van der Waals surface area contributed by atoms with E-state index in [-0.39, 0.29) is 59.6 Å². The van der Waals surface area contributed by atoms with Crippen LogP contribution in [-0.2, 0) is 23.9 Å². The van der Waals surface area contributed by atoms with Gasteiger partial charge >= 0.3 is 5.97 Å². The van der Waals surface area contributed by atoms with E-state index < -0.39 is 6.04 Å². The number of amides is 3. The first-order valence-corrected chi connectivity index (χ1v) is 15.3. The number of esters is 1. The van der Waals surface area contributed by atoms with Crippen molar-refractivity contribution in [1.82, 2.24) is 20.0 Å². The molecule has 2 rings (SSSR count). The summed E-state index contributed by atoms with van der Waals surface area (Å²) >= 11 is 0. The zero-order chi connectivity index (χ0) is 30.1. The maximum atomic E-state index is 13.8. The highest BCUT2D eigenvalue weighted by atomic mass is 16.5. The van der Waals surface area contributed by atoms with Crippen molar-refractivity contribution >= 4 is 23.7 Å². The number of nitrogens with zero attached hydrogens (tertiary/aromatic N) is 3. The van der Waals surface area contributed by atoms with E-state index >= 15 is 0 Å². The maximum Gasteiger partial charge on any atom is 0.310 e. The van der Waals surface area contributed by atoms with Gasteiger partial charge in [-0.15, -0.1) is 0 Å². The van der Waals surface area contributed by atoms with Gasteiger partial charge in [-0.1, -0.05) is 40.2 Å². The molecule has 0 aliphatic carbocycles. The van der Waals surface area contributed by atoms with Crippen LogP contribution in [0.3, 0.4) is 0 Å². The minimum absolute atomic E-state index is 0.0450. The number of likely N-dealkylation sites (N-methyl/N-ethyl adjacent to an activating group) is 1. The van der Waals surface area contributed by atoms with E-state index in [1.807, 2.05) is 33.8 Å². The van der Waals surface area contributed by atoms with Crippen molar-refractivity contribution in [3.05, 3.63) is 11.6 Å². The maximum absolute atomic E-state index is 13.8. The van der Waals surface area contributed by atoms with E-state index in [2.05, 4.69) is 24.1 Å². The molecule has 0 bridgehead atoms. The average Bonchev–Trinajstić information content (AvgIpc) is 2.92. The van der Waals surface area contributed by atoms with Crippen molar-refractivity contribution in [1.29, 1.82) is 0 Å². The number of carbonyl (C=O) groups is 4. The summed E-state index contributed by atoms with van der Waals surface area (Å²) in [7, 11) is 1.75. The van der Waals surface area contributed by atoms with E-state index in [4.69, 9.17) is 4.74 Å². The molecule has 0 radical (unpaired) electrons. The zero-order valence-corrected chi connectivity index (χ0v) is 26.4. The van der Waals surface area contributed by atoms with Gasteiger partial charge in [-0.25, -0.2) is 0 Å². The third-order valence-electron chi connectivity index (χ3n) is 8.31. The fraction of sp³-hybridized carbons (Fsp3) is 0.806. The van der Waals surface area contributed by atoms with Crippen LogP contribution in [0.2, 0.25) is 0 Å². The Labute approximate surface area is 242 Å². The SMILES string of the molecule is CCOC(=O)C1CCCN(C(=O)/C(C)=C/[C@H](C(C)C)N(C)C(=O)[C@@H](NC(=O)[C@H]2CCCCN2C(C)C)C(C)C)C1. The topological polar surface area (TPSA) is 99.3 Å². The third kappa shape index (κ3) is 8.79. The average molecular weight is 563 g/mol. The number of hydrogen-bond donors (Lipinski definition) is 1. The highest BCUT2D eigenvalue weighted by molar-refractivity contribution is 5.94. The lowest BCUT2D eigenvalue weighted by Gasteiger charge is -2.39. The minimum Gasteiger partial charge on any atom is -0.466 e. The Morgan fingerprint density at radius 1 is 0.975 bits per heavy atom. The van der Waals surface area contributed by atoms with E-state index in [0.29, 0.717) is 25.3 Å². The second-order valence-electron chi connectivity index (χ2n) is 12.4. The fourth-order valence-corrected chi connectivity index (χ4v) is 5.93. The standard InChI is InChI=1S/C31H54N4O5/c1-10-40-31(39)24-14-13-16-34(19-24)29(37)23(8)18-26(20(2)3)33(9)30(38)27(21(4)5)32-28(36)25-15-11-12-17-35(25)22(6)7/h18,20-22,24-27H,10-17,19H2,1-9H3,(H,32,36)/b23-18+/t24?,25-,26-,27+/m1/s1. The van der Waals surface area contributed by atoms with Gasteiger partial charge in [-0.05, 0) is 71.8 Å². The summed E-state index contributed by atoms with van der Waals surface area (Å²) in [6.45, 7) is 17.9. The molecule has 3 amide bonds. The molecule has 0 spiro atoms. The number of carbonyl (C=O) groups excluding carboxylic acids is 4. The van der Waals surface area contributed by atoms with Gasteiger partial charge in [0.25, 0.3) is 0 Å². The summed E-state index contributed by atoms with van der Waals surface area (Å²) in [5.74, 6) is -0.976. The van der Waals surface area contributed by atoms with Crippen LogP contribution in [0.5, 0.6) is 0 Å². The van der Waals surface area contributed by atoms with Crippen LogP contribution < -0.4 is 5.32 Å². The Morgan fingerprint density at radius 2 is 1.65 bits per heavy atom. The molecule has 2 aliphatic heterocycles. The first-order chi connectivity index (χ1) is 18.8. The number of hydrogen-bond acceptors (Lipinski definition) is 6. The second kappa shape index (κ2) is 15.5. The molecule has 0 aromatic carbocycles. The zero-order valence-electron chi connectivity index (χ0n) is 26.4. The largest absolute Gasteiger partial charge is 0.466 e. The van der Waals surface area contributed by atoms with Gasteiger partial charge in [0, 0.05) is 31.8 Å². The molecule has 0 aromatic heterocycles. The molecule has 1 unspecified atom stereocenters. The lowest BCUT2D eigenvalue weighted by molar-refractivity contribution is -0.151. The quantitative estimate of drug-likeness (QED) is 0.305. The number of rotatable bonds is 11. The Balaban J connectivity index is 2.17. The number of piperidine rings is 2. The summed E-state index contributed by atoms with van der Waals surface area (Å²) in [6.07, 6.45) is 6.21. The summed E-state index contributed by atoms with van der Waals surface area (Å²) in [4.78, 5) is 58.5. The molecule has 0 saturated carbocycles. The highest BCUT2D eigenvalue weighted by Crippen LogP contribution is 2.23. The van der Waals surface area contributed by atoms with E-state index in [1.165, 1.54) is 0 Å². The lowest BCUT2D eigenvalue weighted by atomic mass is 9.95. The molecule has 2 fully saturated rings. The molecular formula is C31H54N4O5. The van der Waals surface area contributed by atoms with E-state index in [0.717, 1.165) is 38.6 Å². The molecule has 9 heteroatoms. The molecular weight excluding hydrogens is 508 g/mol. The Bertz CT molecular complexity index is 915. The summed E-state index contributed by atoms with van der Waals surface area (Å²) < 4.78 is 5.18. The van der Waals surface area contributed by atoms with E-state index in [9.17, 15) is 19.2 Å². The molecule has 0 aromatic rings. The molecule has 228 valence electrons. The molecule has 2 saturated heterocycles. The molecule has 2 heterocycles. The normalized spacial score (nSPS) is 22.3. The van der Waals surface area contributed by atoms with Crippen molar-refractivity contribution < 1.29 is 23.9 Å². The smallest absolute Gasteiger partial charge is 0.310 e. The minimum atomic E-state index is -0.661. The predicted octanol–water partition coefficient (Wildman–Crippen LogP) is 3.62. The van der Waals surface area contributed by atoms with Crippen molar-refractivity contribution in [3.63, 3.8) is 0 Å². The van der Waals surface area contributed by atoms with Gasteiger partial charge in [0.2, 0.25) is 17.7 Å². The highest BCUT2D eigenvalue weighted by Gasteiger charge is 2.36. The molecule has 2 aliphatic rings. The van der Waals surface area contributed by atoms with Crippen LogP contribution in [0, 0.1) is 17.8 Å². The van der Waals surface area contributed by atoms with Crippen molar-refractivity contribution in [2.75, 3.05) is 33.3 Å². The number of nitrogens with one attached hydrogen (secondary N) is 1. The fourth-order valence-electron chi connectivity index (χ4n) is 5.93. The van der Waals surface area contributed by atoms with Gasteiger partial charge in [0.1, 0.15) is 6.04 Å². The van der Waals surface area contributed by atoms with Crippen LogP contribution in [0.25, 0.3) is 0 Å². The summed E-state index contributed by atoms with van der Waals surface area (Å²) in [5, 5.41) is 3.09.